The van der Waals surface area contributed by atoms with Crippen LogP contribution in [0.4, 0.5) is 17.2 Å². The Morgan fingerprint density at radius 1 is 1.17 bits per heavy atom. The van der Waals surface area contributed by atoms with Crippen LogP contribution < -0.4 is 10.2 Å². The highest BCUT2D eigenvalue weighted by Crippen LogP contribution is 2.24. The summed E-state index contributed by atoms with van der Waals surface area (Å²) < 4.78 is 0. The van der Waals surface area contributed by atoms with Gasteiger partial charge in [-0.15, -0.1) is 0 Å². The highest BCUT2D eigenvalue weighted by molar-refractivity contribution is 5.92. The summed E-state index contributed by atoms with van der Waals surface area (Å²) in [6.07, 6.45) is 2.73. The van der Waals surface area contributed by atoms with Gasteiger partial charge in [0.2, 0.25) is 5.91 Å². The Hall–Kier alpha value is -2.96. The second-order valence-corrected chi connectivity index (χ2v) is 5.75. The highest BCUT2D eigenvalue weighted by atomic mass is 16.6. The second-order valence-electron chi connectivity index (χ2n) is 5.75. The van der Waals surface area contributed by atoms with Gasteiger partial charge in [-0.2, -0.15) is 0 Å². The lowest BCUT2D eigenvalue weighted by Gasteiger charge is -2.32. The molecular weight excluding hydrogens is 308 g/mol. The summed E-state index contributed by atoms with van der Waals surface area (Å²) in [4.78, 5) is 28.7. The van der Waals surface area contributed by atoms with Crippen molar-refractivity contribution in [2.75, 3.05) is 23.3 Å². The number of rotatable bonds is 4. The molecule has 0 radical (unpaired) electrons. The first-order chi connectivity index (χ1) is 11.6. The Balaban J connectivity index is 1.55. The molecule has 124 valence electrons. The summed E-state index contributed by atoms with van der Waals surface area (Å²) in [6.45, 7) is 1.41. The molecule has 1 amide bonds. The number of nitrogens with zero attached hydrogens (tertiary/aromatic N) is 3. The van der Waals surface area contributed by atoms with Gasteiger partial charge in [-0.1, -0.05) is 18.2 Å². The summed E-state index contributed by atoms with van der Waals surface area (Å²) in [5.41, 5.74) is 0.790. The Kier molecular flexibility index (Phi) is 4.69. The zero-order valence-corrected chi connectivity index (χ0v) is 13.1. The third-order valence-electron chi connectivity index (χ3n) is 4.17. The Morgan fingerprint density at radius 3 is 2.46 bits per heavy atom. The number of hydrogen-bond acceptors (Lipinski definition) is 5. The molecule has 1 aromatic heterocycles. The predicted molar refractivity (Wildman–Crippen MR) is 90.9 cm³/mol. The van der Waals surface area contributed by atoms with Crippen LogP contribution in [-0.4, -0.2) is 28.9 Å². The Labute approximate surface area is 139 Å². The summed E-state index contributed by atoms with van der Waals surface area (Å²) in [7, 11) is 0. The van der Waals surface area contributed by atoms with Crippen LogP contribution in [0.1, 0.15) is 12.8 Å². The molecule has 0 spiro atoms. The van der Waals surface area contributed by atoms with Crippen LogP contribution in [0.15, 0.2) is 48.7 Å². The molecule has 1 saturated heterocycles. The van der Waals surface area contributed by atoms with Gasteiger partial charge in [0.1, 0.15) is 12.0 Å². The molecule has 7 nitrogen and oxygen atoms in total. The molecule has 2 heterocycles. The third kappa shape index (κ3) is 3.68. The molecule has 3 rings (SSSR count). The van der Waals surface area contributed by atoms with Crippen LogP contribution in [0.25, 0.3) is 0 Å². The number of pyridine rings is 1. The number of aromatic nitrogens is 1. The van der Waals surface area contributed by atoms with Gasteiger partial charge in [0.15, 0.2) is 0 Å². The number of piperidine rings is 1. The fourth-order valence-corrected chi connectivity index (χ4v) is 2.81. The molecule has 1 aliphatic rings. The van der Waals surface area contributed by atoms with Gasteiger partial charge in [-0.25, -0.2) is 4.98 Å². The maximum Gasteiger partial charge on any atom is 0.287 e. The standard InChI is InChI=1S/C17H18N4O3/c22-17(19-14-4-2-1-3-5-14)13-8-10-20(11-9-13)16-7-6-15(12-18-16)21(23)24/h1-7,12-13H,8-11H2,(H,19,22). The first-order valence-electron chi connectivity index (χ1n) is 7.85. The SMILES string of the molecule is O=C(Nc1ccccc1)C1CCN(c2ccc([N+](=O)[O-])cn2)CC1. The lowest BCUT2D eigenvalue weighted by molar-refractivity contribution is -0.385. The lowest BCUT2D eigenvalue weighted by Crippen LogP contribution is -2.38. The second kappa shape index (κ2) is 7.08. The molecule has 7 heteroatoms. The fraction of sp³-hybridized carbons (Fsp3) is 0.294. The average molecular weight is 326 g/mol. The van der Waals surface area contributed by atoms with Crippen molar-refractivity contribution >= 4 is 23.1 Å². The minimum atomic E-state index is -0.461. The molecule has 24 heavy (non-hydrogen) atoms. The Bertz CT molecular complexity index is 710. The van der Waals surface area contributed by atoms with Gasteiger partial charge in [-0.05, 0) is 31.0 Å². The van der Waals surface area contributed by atoms with Crippen molar-refractivity contribution in [2.24, 2.45) is 5.92 Å². The quantitative estimate of drug-likeness (QED) is 0.689. The van der Waals surface area contributed by atoms with E-state index in [1.807, 2.05) is 30.3 Å². The number of amides is 1. The van der Waals surface area contributed by atoms with Gasteiger partial charge in [0.25, 0.3) is 5.69 Å². The normalized spacial score (nSPS) is 15.1. The molecule has 1 fully saturated rings. The molecule has 0 bridgehead atoms. The number of nitrogens with one attached hydrogen (secondary N) is 1. The topological polar surface area (TPSA) is 88.4 Å². The van der Waals surface area contributed by atoms with Crippen molar-refractivity contribution < 1.29 is 9.72 Å². The Morgan fingerprint density at radius 2 is 1.88 bits per heavy atom. The van der Waals surface area contributed by atoms with Gasteiger partial charge in [0.05, 0.1) is 4.92 Å². The summed E-state index contributed by atoms with van der Waals surface area (Å²) in [6, 6.07) is 12.5. The molecule has 0 atom stereocenters. The van der Waals surface area contributed by atoms with E-state index >= 15 is 0 Å². The van der Waals surface area contributed by atoms with Gasteiger partial charge >= 0.3 is 0 Å². The van der Waals surface area contributed by atoms with E-state index < -0.39 is 4.92 Å². The monoisotopic (exact) mass is 326 g/mol. The van der Waals surface area contributed by atoms with Gasteiger partial charge in [0, 0.05) is 30.8 Å². The molecule has 0 unspecified atom stereocenters. The van der Waals surface area contributed by atoms with Crippen molar-refractivity contribution in [1.29, 1.82) is 0 Å². The predicted octanol–water partition coefficient (Wildman–Crippen LogP) is 2.84. The largest absolute Gasteiger partial charge is 0.357 e. The van der Waals surface area contributed by atoms with E-state index in [0.717, 1.165) is 18.5 Å². The van der Waals surface area contributed by atoms with E-state index in [2.05, 4.69) is 15.2 Å². The molecular formula is C17H18N4O3. The van der Waals surface area contributed by atoms with E-state index in [9.17, 15) is 14.9 Å². The fourth-order valence-electron chi connectivity index (χ4n) is 2.81. The maximum absolute atomic E-state index is 12.3. The number of benzene rings is 1. The van der Waals surface area contributed by atoms with E-state index in [4.69, 9.17) is 0 Å². The van der Waals surface area contributed by atoms with Crippen molar-refractivity contribution in [3.8, 4) is 0 Å². The maximum atomic E-state index is 12.3. The molecule has 0 aliphatic carbocycles. The summed E-state index contributed by atoms with van der Waals surface area (Å²) >= 11 is 0. The molecule has 1 N–H and O–H groups in total. The van der Waals surface area contributed by atoms with Crippen molar-refractivity contribution in [3.05, 3.63) is 58.8 Å². The van der Waals surface area contributed by atoms with Crippen LogP contribution in [0.3, 0.4) is 0 Å². The zero-order valence-electron chi connectivity index (χ0n) is 13.1. The highest BCUT2D eigenvalue weighted by Gasteiger charge is 2.25. The van der Waals surface area contributed by atoms with Crippen LogP contribution >= 0.6 is 0 Å². The van der Waals surface area contributed by atoms with E-state index in [0.29, 0.717) is 18.9 Å². The number of nitro groups is 1. The number of para-hydroxylation sites is 1. The number of hydrogen-bond donors (Lipinski definition) is 1. The minimum Gasteiger partial charge on any atom is -0.357 e. The number of carbonyl (C=O) groups is 1. The van der Waals surface area contributed by atoms with Crippen molar-refractivity contribution in [2.45, 2.75) is 12.8 Å². The van der Waals surface area contributed by atoms with E-state index in [1.165, 1.54) is 12.3 Å². The van der Waals surface area contributed by atoms with Crippen LogP contribution in [0.5, 0.6) is 0 Å². The third-order valence-corrected chi connectivity index (χ3v) is 4.17. The van der Waals surface area contributed by atoms with E-state index in [-0.39, 0.29) is 17.5 Å². The summed E-state index contributed by atoms with van der Waals surface area (Å²) in [5, 5.41) is 13.6. The molecule has 1 aromatic carbocycles. The van der Waals surface area contributed by atoms with E-state index in [1.54, 1.807) is 6.07 Å². The van der Waals surface area contributed by atoms with Gasteiger partial charge in [-0.3, -0.25) is 14.9 Å². The molecule has 1 aliphatic heterocycles. The van der Waals surface area contributed by atoms with Crippen molar-refractivity contribution in [1.82, 2.24) is 4.98 Å². The summed E-state index contributed by atoms with van der Waals surface area (Å²) in [5.74, 6) is 0.722. The number of anilines is 2. The minimum absolute atomic E-state index is 0.0177. The average Bonchev–Trinajstić information content (AvgIpc) is 2.63. The van der Waals surface area contributed by atoms with Crippen LogP contribution in [-0.2, 0) is 4.79 Å². The number of carbonyl (C=O) groups excluding carboxylic acids is 1. The first-order valence-corrected chi connectivity index (χ1v) is 7.85. The van der Waals surface area contributed by atoms with Crippen LogP contribution in [0.2, 0.25) is 0 Å². The molecule has 0 saturated carbocycles. The van der Waals surface area contributed by atoms with Gasteiger partial charge < -0.3 is 10.2 Å². The smallest absolute Gasteiger partial charge is 0.287 e. The zero-order chi connectivity index (χ0) is 16.9. The van der Waals surface area contributed by atoms with Crippen molar-refractivity contribution in [3.63, 3.8) is 0 Å². The lowest BCUT2D eigenvalue weighted by atomic mass is 9.96. The van der Waals surface area contributed by atoms with Crippen LogP contribution in [0, 0.1) is 16.0 Å². The molecule has 2 aromatic rings. The first kappa shape index (κ1) is 15.9.